The maximum absolute atomic E-state index is 5.78. The molecule has 1 saturated heterocycles. The number of ether oxygens (including phenoxy) is 2. The fourth-order valence-corrected chi connectivity index (χ4v) is 1.50. The van der Waals surface area contributed by atoms with Crippen molar-refractivity contribution in [2.45, 2.75) is 12.5 Å². The SMILES string of the molecule is C=C(Cl)[C@@H]1COCC[C@H]1OC. The second-order valence-electron chi connectivity index (χ2n) is 2.69. The molecule has 1 fully saturated rings. The van der Waals surface area contributed by atoms with Crippen LogP contribution in [0.4, 0.5) is 0 Å². The van der Waals surface area contributed by atoms with Crippen LogP contribution in [0.3, 0.4) is 0 Å². The number of rotatable bonds is 2. The highest BCUT2D eigenvalue weighted by atomic mass is 35.5. The minimum Gasteiger partial charge on any atom is -0.381 e. The first-order valence-electron chi connectivity index (χ1n) is 3.70. The van der Waals surface area contributed by atoms with Crippen molar-refractivity contribution in [3.8, 4) is 0 Å². The lowest BCUT2D eigenvalue weighted by Crippen LogP contribution is -2.33. The predicted molar refractivity (Wildman–Crippen MR) is 44.7 cm³/mol. The molecule has 0 aromatic carbocycles. The third-order valence-electron chi connectivity index (χ3n) is 2.00. The molecule has 11 heavy (non-hydrogen) atoms. The highest BCUT2D eigenvalue weighted by molar-refractivity contribution is 6.29. The first-order chi connectivity index (χ1) is 5.25. The summed E-state index contributed by atoms with van der Waals surface area (Å²) in [4.78, 5) is 0. The van der Waals surface area contributed by atoms with Crippen molar-refractivity contribution in [2.75, 3.05) is 20.3 Å². The van der Waals surface area contributed by atoms with Crippen LogP contribution >= 0.6 is 11.6 Å². The molecule has 0 unspecified atom stereocenters. The van der Waals surface area contributed by atoms with Gasteiger partial charge in [-0.1, -0.05) is 18.2 Å². The van der Waals surface area contributed by atoms with Crippen molar-refractivity contribution in [3.63, 3.8) is 0 Å². The topological polar surface area (TPSA) is 18.5 Å². The van der Waals surface area contributed by atoms with E-state index < -0.39 is 0 Å². The summed E-state index contributed by atoms with van der Waals surface area (Å²) in [6.45, 7) is 5.09. The molecule has 0 N–H and O–H groups in total. The first-order valence-corrected chi connectivity index (χ1v) is 4.08. The standard InChI is InChI=1S/C8H13ClO2/c1-6(9)7-5-11-4-3-8(7)10-2/h7-8H,1,3-5H2,2H3/t7-,8+/m0/s1. The third-order valence-corrected chi connectivity index (χ3v) is 2.28. The van der Waals surface area contributed by atoms with Crippen molar-refractivity contribution >= 4 is 11.6 Å². The Labute approximate surface area is 72.1 Å². The van der Waals surface area contributed by atoms with Crippen LogP contribution < -0.4 is 0 Å². The largest absolute Gasteiger partial charge is 0.381 e. The van der Waals surface area contributed by atoms with E-state index in [9.17, 15) is 0 Å². The van der Waals surface area contributed by atoms with Crippen molar-refractivity contribution in [2.24, 2.45) is 5.92 Å². The molecule has 1 heterocycles. The van der Waals surface area contributed by atoms with Crippen molar-refractivity contribution < 1.29 is 9.47 Å². The van der Waals surface area contributed by atoms with Gasteiger partial charge >= 0.3 is 0 Å². The Balaban J connectivity index is 2.51. The molecule has 1 aliphatic rings. The highest BCUT2D eigenvalue weighted by Gasteiger charge is 2.26. The molecular formula is C8H13ClO2. The van der Waals surface area contributed by atoms with E-state index in [2.05, 4.69) is 6.58 Å². The second-order valence-corrected chi connectivity index (χ2v) is 3.18. The molecule has 0 spiro atoms. The lowest BCUT2D eigenvalue weighted by atomic mass is 9.99. The van der Waals surface area contributed by atoms with Crippen LogP contribution in [0, 0.1) is 5.92 Å². The predicted octanol–water partition coefficient (Wildman–Crippen LogP) is 1.79. The van der Waals surface area contributed by atoms with Gasteiger partial charge in [0.05, 0.1) is 12.7 Å². The van der Waals surface area contributed by atoms with E-state index in [0.717, 1.165) is 13.0 Å². The molecular weight excluding hydrogens is 164 g/mol. The van der Waals surface area contributed by atoms with E-state index in [0.29, 0.717) is 11.6 Å². The van der Waals surface area contributed by atoms with Gasteiger partial charge in [0, 0.05) is 24.7 Å². The van der Waals surface area contributed by atoms with Gasteiger partial charge in [0.15, 0.2) is 0 Å². The van der Waals surface area contributed by atoms with Gasteiger partial charge in [-0.15, -0.1) is 0 Å². The smallest absolute Gasteiger partial charge is 0.0692 e. The molecule has 64 valence electrons. The van der Waals surface area contributed by atoms with E-state index in [-0.39, 0.29) is 12.0 Å². The summed E-state index contributed by atoms with van der Waals surface area (Å²) in [7, 11) is 1.70. The summed E-state index contributed by atoms with van der Waals surface area (Å²) in [6, 6.07) is 0. The molecule has 0 saturated carbocycles. The Bertz CT molecular complexity index is 147. The molecule has 0 aromatic heterocycles. The normalized spacial score (nSPS) is 31.8. The van der Waals surface area contributed by atoms with Gasteiger partial charge in [0.1, 0.15) is 0 Å². The highest BCUT2D eigenvalue weighted by Crippen LogP contribution is 2.25. The van der Waals surface area contributed by atoms with E-state index in [4.69, 9.17) is 21.1 Å². The average molecular weight is 177 g/mol. The number of hydrogen-bond donors (Lipinski definition) is 0. The summed E-state index contributed by atoms with van der Waals surface area (Å²) in [6.07, 6.45) is 1.10. The third kappa shape index (κ3) is 2.19. The van der Waals surface area contributed by atoms with Crippen LogP contribution in [0.5, 0.6) is 0 Å². The van der Waals surface area contributed by atoms with Crippen molar-refractivity contribution in [1.29, 1.82) is 0 Å². The molecule has 2 nitrogen and oxygen atoms in total. The Morgan fingerprint density at radius 2 is 2.45 bits per heavy atom. The maximum atomic E-state index is 5.78. The Hall–Kier alpha value is -0.0500. The van der Waals surface area contributed by atoms with E-state index in [1.54, 1.807) is 7.11 Å². The number of hydrogen-bond acceptors (Lipinski definition) is 2. The molecule has 0 radical (unpaired) electrons. The van der Waals surface area contributed by atoms with Gasteiger partial charge < -0.3 is 9.47 Å². The Morgan fingerprint density at radius 3 is 2.91 bits per heavy atom. The second kappa shape index (κ2) is 4.10. The summed E-state index contributed by atoms with van der Waals surface area (Å²) >= 11 is 5.78. The zero-order valence-electron chi connectivity index (χ0n) is 6.68. The van der Waals surface area contributed by atoms with Gasteiger partial charge in [0.25, 0.3) is 0 Å². The van der Waals surface area contributed by atoms with Crippen molar-refractivity contribution in [1.82, 2.24) is 0 Å². The molecule has 0 amide bonds. The summed E-state index contributed by atoms with van der Waals surface area (Å²) < 4.78 is 10.5. The van der Waals surface area contributed by atoms with Crippen LogP contribution in [0.2, 0.25) is 0 Å². The average Bonchev–Trinajstić information content (AvgIpc) is 2.04. The molecule has 0 bridgehead atoms. The summed E-state index contributed by atoms with van der Waals surface area (Å²) in [5, 5.41) is 0.636. The molecule has 0 aliphatic carbocycles. The monoisotopic (exact) mass is 176 g/mol. The first kappa shape index (κ1) is 9.04. The zero-order chi connectivity index (χ0) is 8.27. The summed E-state index contributed by atoms with van der Waals surface area (Å²) in [5.74, 6) is 0.162. The molecule has 3 heteroatoms. The quantitative estimate of drug-likeness (QED) is 0.639. The molecule has 2 atom stereocenters. The van der Waals surface area contributed by atoms with Crippen LogP contribution in [0.25, 0.3) is 0 Å². The lowest BCUT2D eigenvalue weighted by molar-refractivity contribution is -0.0409. The Kier molecular flexibility index (Phi) is 3.37. The van der Waals surface area contributed by atoms with E-state index in [1.165, 1.54) is 0 Å². The maximum Gasteiger partial charge on any atom is 0.0692 e. The lowest BCUT2D eigenvalue weighted by Gasteiger charge is -2.29. The van der Waals surface area contributed by atoms with Crippen LogP contribution in [-0.4, -0.2) is 26.4 Å². The number of methoxy groups -OCH3 is 1. The van der Waals surface area contributed by atoms with Gasteiger partial charge in [-0.05, 0) is 6.42 Å². The van der Waals surface area contributed by atoms with Crippen molar-refractivity contribution in [3.05, 3.63) is 11.6 Å². The van der Waals surface area contributed by atoms with Gasteiger partial charge in [-0.3, -0.25) is 0 Å². The van der Waals surface area contributed by atoms with Crippen LogP contribution in [0.15, 0.2) is 11.6 Å². The molecule has 0 aromatic rings. The summed E-state index contributed by atoms with van der Waals surface area (Å²) in [5.41, 5.74) is 0. The minimum absolute atomic E-state index is 0.162. The van der Waals surface area contributed by atoms with Crippen LogP contribution in [0.1, 0.15) is 6.42 Å². The minimum atomic E-state index is 0.162. The van der Waals surface area contributed by atoms with Crippen LogP contribution in [-0.2, 0) is 9.47 Å². The fourth-order valence-electron chi connectivity index (χ4n) is 1.29. The fraction of sp³-hybridized carbons (Fsp3) is 0.750. The van der Waals surface area contributed by atoms with Gasteiger partial charge in [-0.25, -0.2) is 0 Å². The van der Waals surface area contributed by atoms with E-state index >= 15 is 0 Å². The molecule has 1 rings (SSSR count). The van der Waals surface area contributed by atoms with Gasteiger partial charge in [-0.2, -0.15) is 0 Å². The number of halogens is 1. The zero-order valence-corrected chi connectivity index (χ0v) is 7.43. The van der Waals surface area contributed by atoms with Gasteiger partial charge in [0.2, 0.25) is 0 Å². The molecule has 1 aliphatic heterocycles. The Morgan fingerprint density at radius 1 is 1.73 bits per heavy atom. The van der Waals surface area contributed by atoms with E-state index in [1.807, 2.05) is 0 Å².